The second-order valence-corrected chi connectivity index (χ2v) is 7.38. The van der Waals surface area contributed by atoms with Crippen molar-refractivity contribution >= 4 is 27.5 Å². The summed E-state index contributed by atoms with van der Waals surface area (Å²) < 4.78 is 2.39. The van der Waals surface area contributed by atoms with Crippen LogP contribution in [0.3, 0.4) is 0 Å². The van der Waals surface area contributed by atoms with Gasteiger partial charge in [-0.3, -0.25) is 0 Å². The molecule has 0 atom stereocenters. The van der Waals surface area contributed by atoms with Crippen molar-refractivity contribution in [1.82, 2.24) is 9.47 Å². The fourth-order valence-electron chi connectivity index (χ4n) is 4.01. The highest BCUT2D eigenvalue weighted by Crippen LogP contribution is 2.38. The van der Waals surface area contributed by atoms with Crippen LogP contribution < -0.4 is 4.90 Å². The Morgan fingerprint density at radius 1 is 0.741 bits per heavy atom. The molecular formula is C24H23N3. The summed E-state index contributed by atoms with van der Waals surface area (Å²) in [6.07, 6.45) is 4.39. The minimum absolute atomic E-state index is 0.491. The van der Waals surface area contributed by atoms with Crippen LogP contribution in [-0.2, 0) is 0 Å². The van der Waals surface area contributed by atoms with Gasteiger partial charge in [-0.25, -0.2) is 0 Å². The summed E-state index contributed by atoms with van der Waals surface area (Å²) in [5.74, 6) is 0. The second-order valence-electron chi connectivity index (χ2n) is 7.38. The van der Waals surface area contributed by atoms with Crippen molar-refractivity contribution in [2.24, 2.45) is 0 Å². The molecule has 1 aromatic heterocycles. The van der Waals surface area contributed by atoms with Gasteiger partial charge >= 0.3 is 0 Å². The van der Waals surface area contributed by atoms with Gasteiger partial charge in [0, 0.05) is 34.9 Å². The van der Waals surface area contributed by atoms with Crippen molar-refractivity contribution in [3.63, 3.8) is 0 Å². The standard InChI is InChI=1S/C24H23N3/c1-18(2)25-15-16-26(17-25)23-14-8-12-21-20-11-6-7-13-22(20)27(24(21)23)19-9-4-3-5-10-19/h3-16,18H,17H2,1-2H3. The van der Waals surface area contributed by atoms with E-state index >= 15 is 0 Å². The highest BCUT2D eigenvalue weighted by atomic mass is 15.4. The first-order chi connectivity index (χ1) is 13.2. The Kier molecular flexibility index (Phi) is 3.68. The molecule has 1 aliphatic rings. The van der Waals surface area contributed by atoms with E-state index in [1.165, 1.54) is 33.2 Å². The van der Waals surface area contributed by atoms with Crippen LogP contribution in [0.15, 0.2) is 85.2 Å². The molecule has 4 aromatic rings. The second kappa shape index (κ2) is 6.20. The molecule has 0 saturated heterocycles. The third-order valence-corrected chi connectivity index (χ3v) is 5.41. The Labute approximate surface area is 159 Å². The van der Waals surface area contributed by atoms with Gasteiger partial charge in [-0.1, -0.05) is 48.5 Å². The first-order valence-electron chi connectivity index (χ1n) is 9.52. The zero-order chi connectivity index (χ0) is 18.4. The highest BCUT2D eigenvalue weighted by Gasteiger charge is 2.21. The molecule has 1 aliphatic heterocycles. The van der Waals surface area contributed by atoms with E-state index in [-0.39, 0.29) is 0 Å². The average Bonchev–Trinajstić information content (AvgIpc) is 3.32. The van der Waals surface area contributed by atoms with Crippen molar-refractivity contribution in [2.75, 3.05) is 11.6 Å². The summed E-state index contributed by atoms with van der Waals surface area (Å²) in [5, 5.41) is 2.59. The predicted octanol–water partition coefficient (Wildman–Crippen LogP) is 5.74. The molecule has 0 aliphatic carbocycles. The zero-order valence-electron chi connectivity index (χ0n) is 15.7. The van der Waals surface area contributed by atoms with Crippen LogP contribution in [0.5, 0.6) is 0 Å². The van der Waals surface area contributed by atoms with Crippen molar-refractivity contribution < 1.29 is 0 Å². The van der Waals surface area contributed by atoms with Crippen LogP contribution in [0, 0.1) is 0 Å². The highest BCUT2D eigenvalue weighted by molar-refractivity contribution is 6.13. The number of anilines is 1. The lowest BCUT2D eigenvalue weighted by molar-refractivity contribution is 0.336. The van der Waals surface area contributed by atoms with Crippen LogP contribution in [0.4, 0.5) is 5.69 Å². The van der Waals surface area contributed by atoms with Crippen molar-refractivity contribution in [2.45, 2.75) is 19.9 Å². The van der Waals surface area contributed by atoms with Gasteiger partial charge in [0.1, 0.15) is 0 Å². The molecular weight excluding hydrogens is 330 g/mol. The molecule has 0 spiro atoms. The fraction of sp³-hybridized carbons (Fsp3) is 0.167. The van der Waals surface area contributed by atoms with E-state index in [9.17, 15) is 0 Å². The minimum atomic E-state index is 0.491. The number of hydrogen-bond acceptors (Lipinski definition) is 2. The van der Waals surface area contributed by atoms with Gasteiger partial charge < -0.3 is 14.4 Å². The monoisotopic (exact) mass is 353 g/mol. The molecule has 0 amide bonds. The third-order valence-electron chi connectivity index (χ3n) is 5.41. The van der Waals surface area contributed by atoms with Gasteiger partial charge in [0.15, 0.2) is 0 Å². The third kappa shape index (κ3) is 2.50. The maximum absolute atomic E-state index is 2.39. The molecule has 0 radical (unpaired) electrons. The Morgan fingerprint density at radius 3 is 2.26 bits per heavy atom. The van der Waals surface area contributed by atoms with Crippen LogP contribution in [0.25, 0.3) is 27.5 Å². The molecule has 3 heteroatoms. The van der Waals surface area contributed by atoms with Gasteiger partial charge in [0.25, 0.3) is 0 Å². The molecule has 3 aromatic carbocycles. The number of nitrogens with zero attached hydrogens (tertiary/aromatic N) is 3. The van der Waals surface area contributed by atoms with E-state index in [0.29, 0.717) is 6.04 Å². The van der Waals surface area contributed by atoms with E-state index in [4.69, 9.17) is 0 Å². The lowest BCUT2D eigenvalue weighted by Gasteiger charge is -2.25. The quantitative estimate of drug-likeness (QED) is 0.465. The summed E-state index contributed by atoms with van der Waals surface area (Å²) in [5.41, 5.74) is 4.95. The molecule has 2 heterocycles. The summed E-state index contributed by atoms with van der Waals surface area (Å²) in [7, 11) is 0. The molecule has 27 heavy (non-hydrogen) atoms. The molecule has 0 N–H and O–H groups in total. The van der Waals surface area contributed by atoms with Gasteiger partial charge in [-0.2, -0.15) is 0 Å². The SMILES string of the molecule is CC(C)N1C=CN(c2cccc3c4ccccc4n(-c4ccccc4)c23)C1. The number of hydrogen-bond donors (Lipinski definition) is 0. The fourth-order valence-corrected chi connectivity index (χ4v) is 4.01. The van der Waals surface area contributed by atoms with Crippen LogP contribution >= 0.6 is 0 Å². The molecule has 5 rings (SSSR count). The van der Waals surface area contributed by atoms with E-state index in [1.807, 2.05) is 0 Å². The smallest absolute Gasteiger partial charge is 0.0945 e. The van der Waals surface area contributed by atoms with E-state index in [2.05, 4.69) is 113 Å². The molecule has 0 bridgehead atoms. The van der Waals surface area contributed by atoms with Crippen LogP contribution in [0.2, 0.25) is 0 Å². The van der Waals surface area contributed by atoms with E-state index < -0.39 is 0 Å². The van der Waals surface area contributed by atoms with Crippen LogP contribution in [0.1, 0.15) is 13.8 Å². The first-order valence-corrected chi connectivity index (χ1v) is 9.52. The molecule has 0 unspecified atom stereocenters. The van der Waals surface area contributed by atoms with Gasteiger partial charge in [0.05, 0.1) is 23.4 Å². The number of para-hydroxylation sites is 3. The first kappa shape index (κ1) is 16.0. The lowest BCUT2D eigenvalue weighted by atomic mass is 10.1. The molecule has 3 nitrogen and oxygen atoms in total. The molecule has 134 valence electrons. The Balaban J connectivity index is 1.80. The summed E-state index contributed by atoms with van der Waals surface area (Å²) in [6.45, 7) is 5.35. The van der Waals surface area contributed by atoms with Crippen molar-refractivity contribution in [3.05, 3.63) is 85.2 Å². The number of fused-ring (bicyclic) bond motifs is 3. The normalized spacial score (nSPS) is 14.2. The predicted molar refractivity (Wildman–Crippen MR) is 114 cm³/mol. The number of rotatable bonds is 3. The van der Waals surface area contributed by atoms with E-state index in [1.54, 1.807) is 0 Å². The Morgan fingerprint density at radius 2 is 1.48 bits per heavy atom. The van der Waals surface area contributed by atoms with Crippen molar-refractivity contribution in [1.29, 1.82) is 0 Å². The van der Waals surface area contributed by atoms with Gasteiger partial charge in [-0.05, 0) is 38.1 Å². The summed E-state index contributed by atoms with van der Waals surface area (Å²) in [6, 6.07) is 26.5. The topological polar surface area (TPSA) is 11.4 Å². The molecule has 0 fully saturated rings. The largest absolute Gasteiger partial charge is 0.356 e. The minimum Gasteiger partial charge on any atom is -0.356 e. The van der Waals surface area contributed by atoms with Crippen molar-refractivity contribution in [3.8, 4) is 5.69 Å². The maximum Gasteiger partial charge on any atom is 0.0945 e. The average molecular weight is 353 g/mol. The summed E-state index contributed by atoms with van der Waals surface area (Å²) in [4.78, 5) is 4.70. The maximum atomic E-state index is 2.39. The van der Waals surface area contributed by atoms with Gasteiger partial charge in [-0.15, -0.1) is 0 Å². The lowest BCUT2D eigenvalue weighted by Crippen LogP contribution is -2.30. The van der Waals surface area contributed by atoms with Crippen LogP contribution in [-0.4, -0.2) is 22.2 Å². The molecule has 0 saturated carbocycles. The Bertz CT molecular complexity index is 1140. The zero-order valence-corrected chi connectivity index (χ0v) is 15.7. The number of benzene rings is 3. The number of aromatic nitrogens is 1. The van der Waals surface area contributed by atoms with Gasteiger partial charge in [0.2, 0.25) is 0 Å². The summed E-state index contributed by atoms with van der Waals surface area (Å²) >= 11 is 0. The van der Waals surface area contributed by atoms with E-state index in [0.717, 1.165) is 6.67 Å². The Hall–Kier alpha value is -3.20.